The second-order valence-corrected chi connectivity index (χ2v) is 11.1. The number of nitrogens with zero attached hydrogens (tertiary/aromatic N) is 3. The van der Waals surface area contributed by atoms with Crippen molar-refractivity contribution < 1.29 is 13.9 Å². The van der Waals surface area contributed by atoms with E-state index in [-0.39, 0.29) is 11.4 Å². The first-order valence-electron chi connectivity index (χ1n) is 12.8. The zero-order valence-corrected chi connectivity index (χ0v) is 25.5. The van der Waals surface area contributed by atoms with Crippen LogP contribution in [0.3, 0.4) is 0 Å². The highest BCUT2D eigenvalue weighted by Crippen LogP contribution is 2.42. The number of ether oxygens (including phenoxy) is 2. The van der Waals surface area contributed by atoms with Gasteiger partial charge in [0.15, 0.2) is 17.3 Å². The van der Waals surface area contributed by atoms with Gasteiger partial charge in [-0.2, -0.15) is 9.78 Å². The third-order valence-corrected chi connectivity index (χ3v) is 8.28. The normalized spacial score (nSPS) is 11.5. The number of hydrogen-bond donors (Lipinski definition) is 0. The number of para-hydroxylation sites is 1. The molecule has 0 saturated heterocycles. The van der Waals surface area contributed by atoms with Crippen LogP contribution in [0.25, 0.3) is 33.5 Å². The Kier molecular flexibility index (Phi) is 7.77. The maximum absolute atomic E-state index is 13.7. The van der Waals surface area contributed by atoms with Gasteiger partial charge >= 0.3 is 0 Å². The van der Waals surface area contributed by atoms with Crippen molar-refractivity contribution in [2.75, 3.05) is 7.11 Å². The summed E-state index contributed by atoms with van der Waals surface area (Å²) in [5.41, 5.74) is 3.45. The molecule has 210 valence electrons. The van der Waals surface area contributed by atoms with Crippen LogP contribution in [-0.2, 0) is 6.61 Å². The fourth-order valence-corrected chi connectivity index (χ4v) is 5.41. The van der Waals surface area contributed by atoms with Gasteiger partial charge in [0.25, 0.3) is 5.56 Å². The van der Waals surface area contributed by atoms with Crippen molar-refractivity contribution in [1.82, 2.24) is 9.66 Å². The Bertz CT molecular complexity index is 2070. The SMILES string of the molecule is COc1cc(C=Nn2c(-c3cc4cc(Cl)ccc4o3)nc3ccccc3c2=O)c(Br)c(Cl)c1OCc1cccc(C)c1. The van der Waals surface area contributed by atoms with E-state index in [0.29, 0.717) is 60.4 Å². The Labute approximate surface area is 259 Å². The lowest BCUT2D eigenvalue weighted by atomic mass is 10.1. The molecule has 0 unspecified atom stereocenters. The van der Waals surface area contributed by atoms with Crippen LogP contribution < -0.4 is 15.0 Å². The van der Waals surface area contributed by atoms with Crippen LogP contribution in [0.4, 0.5) is 0 Å². The van der Waals surface area contributed by atoms with Crippen molar-refractivity contribution in [2.24, 2.45) is 5.10 Å². The summed E-state index contributed by atoms with van der Waals surface area (Å²) < 4.78 is 19.4. The van der Waals surface area contributed by atoms with Gasteiger partial charge in [0.2, 0.25) is 5.82 Å². The number of furan rings is 1. The fourth-order valence-electron chi connectivity index (χ4n) is 4.58. The summed E-state index contributed by atoms with van der Waals surface area (Å²) >= 11 is 16.5. The van der Waals surface area contributed by atoms with Crippen molar-refractivity contribution in [1.29, 1.82) is 0 Å². The summed E-state index contributed by atoms with van der Waals surface area (Å²) in [6.07, 6.45) is 1.50. The van der Waals surface area contributed by atoms with Gasteiger partial charge in [-0.3, -0.25) is 4.79 Å². The van der Waals surface area contributed by atoms with E-state index < -0.39 is 0 Å². The lowest BCUT2D eigenvalue weighted by Gasteiger charge is -2.15. The van der Waals surface area contributed by atoms with Gasteiger partial charge in [-0.25, -0.2) is 4.98 Å². The monoisotopic (exact) mass is 661 g/mol. The number of rotatable bonds is 7. The highest BCUT2D eigenvalue weighted by molar-refractivity contribution is 9.10. The van der Waals surface area contributed by atoms with Gasteiger partial charge in [0, 0.05) is 20.4 Å². The lowest BCUT2D eigenvalue weighted by Crippen LogP contribution is -2.20. The number of methoxy groups -OCH3 is 1. The molecule has 0 aliphatic carbocycles. The molecule has 0 fully saturated rings. The molecule has 0 aliphatic rings. The van der Waals surface area contributed by atoms with E-state index in [9.17, 15) is 4.79 Å². The number of hydrogen-bond acceptors (Lipinski definition) is 6. The van der Waals surface area contributed by atoms with E-state index in [1.165, 1.54) is 18.0 Å². The van der Waals surface area contributed by atoms with Crippen LogP contribution in [0, 0.1) is 6.92 Å². The average molecular weight is 663 g/mol. The second kappa shape index (κ2) is 11.6. The molecule has 4 aromatic carbocycles. The molecule has 7 nitrogen and oxygen atoms in total. The molecule has 6 rings (SSSR count). The molecule has 42 heavy (non-hydrogen) atoms. The molecule has 0 atom stereocenters. The second-order valence-electron chi connectivity index (χ2n) is 9.51. The highest BCUT2D eigenvalue weighted by atomic mass is 79.9. The minimum absolute atomic E-state index is 0.231. The van der Waals surface area contributed by atoms with E-state index >= 15 is 0 Å². The van der Waals surface area contributed by atoms with Gasteiger partial charge in [0.1, 0.15) is 17.2 Å². The Balaban J connectivity index is 1.43. The fraction of sp³-hybridized carbons (Fsp3) is 0.0938. The topological polar surface area (TPSA) is 78.9 Å². The Morgan fingerprint density at radius 1 is 1.05 bits per heavy atom. The molecule has 0 spiro atoms. The molecule has 0 aliphatic heterocycles. The largest absolute Gasteiger partial charge is 0.493 e. The molecule has 2 aromatic heterocycles. The minimum atomic E-state index is -0.363. The van der Waals surface area contributed by atoms with Crippen molar-refractivity contribution in [2.45, 2.75) is 13.5 Å². The molecule has 0 N–H and O–H groups in total. The minimum Gasteiger partial charge on any atom is -0.493 e. The number of aromatic nitrogens is 2. The standard InChI is InChI=1S/C32H22BrCl2N3O4/c1-18-6-5-7-19(12-18)17-41-30-26(40-2)15-21(28(33)29(30)35)16-36-38-31(37-24-9-4-3-8-23(24)32(38)39)27-14-20-13-22(34)10-11-25(20)42-27/h3-16H,17H2,1-2H3. The summed E-state index contributed by atoms with van der Waals surface area (Å²) in [4.78, 5) is 18.4. The van der Waals surface area contributed by atoms with Gasteiger partial charge < -0.3 is 13.9 Å². The average Bonchev–Trinajstić information content (AvgIpc) is 3.41. The number of benzene rings is 4. The maximum Gasteiger partial charge on any atom is 0.282 e. The summed E-state index contributed by atoms with van der Waals surface area (Å²) in [6.45, 7) is 2.33. The molecule has 0 saturated carbocycles. The van der Waals surface area contributed by atoms with Crippen LogP contribution in [0.1, 0.15) is 16.7 Å². The van der Waals surface area contributed by atoms with Crippen LogP contribution in [0.2, 0.25) is 10.0 Å². The third-order valence-electron chi connectivity index (χ3n) is 6.61. The van der Waals surface area contributed by atoms with Crippen LogP contribution in [0.5, 0.6) is 11.5 Å². The molecule has 10 heteroatoms. The van der Waals surface area contributed by atoms with Gasteiger partial charge in [-0.15, -0.1) is 0 Å². The molecule has 2 heterocycles. The van der Waals surface area contributed by atoms with Gasteiger partial charge in [0.05, 0.1) is 24.2 Å². The predicted octanol–water partition coefficient (Wildman–Crippen LogP) is 8.66. The zero-order chi connectivity index (χ0) is 29.4. The quantitative estimate of drug-likeness (QED) is 0.160. The summed E-state index contributed by atoms with van der Waals surface area (Å²) in [5, 5.41) is 6.61. The first-order chi connectivity index (χ1) is 20.3. The molecule has 6 aromatic rings. The summed E-state index contributed by atoms with van der Waals surface area (Å²) in [6, 6.07) is 23.9. The first-order valence-corrected chi connectivity index (χ1v) is 14.4. The van der Waals surface area contributed by atoms with Crippen LogP contribution in [0.15, 0.2) is 97.6 Å². The van der Waals surface area contributed by atoms with Crippen molar-refractivity contribution in [3.8, 4) is 23.1 Å². The van der Waals surface area contributed by atoms with E-state index in [2.05, 4.69) is 21.0 Å². The number of aryl methyl sites for hydroxylation is 1. The number of halogens is 3. The van der Waals surface area contributed by atoms with Gasteiger partial charge in [-0.05, 0) is 70.9 Å². The van der Waals surface area contributed by atoms with Gasteiger partial charge in [-0.1, -0.05) is 65.2 Å². The molecular weight excluding hydrogens is 641 g/mol. The predicted molar refractivity (Wildman–Crippen MR) is 170 cm³/mol. The van der Waals surface area contributed by atoms with E-state index in [1.54, 1.807) is 48.5 Å². The smallest absolute Gasteiger partial charge is 0.282 e. The molecule has 0 radical (unpaired) electrons. The van der Waals surface area contributed by atoms with E-state index in [1.807, 2.05) is 37.3 Å². The van der Waals surface area contributed by atoms with Crippen molar-refractivity contribution in [3.63, 3.8) is 0 Å². The van der Waals surface area contributed by atoms with Crippen molar-refractivity contribution >= 4 is 67.2 Å². The first kappa shape index (κ1) is 28.0. The Hall–Kier alpha value is -4.11. The maximum atomic E-state index is 13.7. The van der Waals surface area contributed by atoms with E-state index in [4.69, 9.17) is 42.1 Å². The van der Waals surface area contributed by atoms with Crippen LogP contribution >= 0.6 is 39.1 Å². The summed E-state index contributed by atoms with van der Waals surface area (Å²) in [7, 11) is 1.53. The summed E-state index contributed by atoms with van der Waals surface area (Å²) in [5.74, 6) is 1.39. The van der Waals surface area contributed by atoms with E-state index in [0.717, 1.165) is 16.5 Å². The number of fused-ring (bicyclic) bond motifs is 2. The molecule has 0 bridgehead atoms. The Morgan fingerprint density at radius 3 is 2.69 bits per heavy atom. The lowest BCUT2D eigenvalue weighted by molar-refractivity contribution is 0.284. The Morgan fingerprint density at radius 2 is 1.88 bits per heavy atom. The molecular formula is C32H22BrCl2N3O4. The molecule has 0 amide bonds. The highest BCUT2D eigenvalue weighted by Gasteiger charge is 2.19. The van der Waals surface area contributed by atoms with Crippen molar-refractivity contribution in [3.05, 3.63) is 120 Å². The zero-order valence-electron chi connectivity index (χ0n) is 22.4. The van der Waals surface area contributed by atoms with Crippen LogP contribution in [-0.4, -0.2) is 23.0 Å². The third kappa shape index (κ3) is 5.41.